The van der Waals surface area contributed by atoms with Gasteiger partial charge in [-0.05, 0) is 44.9 Å². The van der Waals surface area contributed by atoms with Gasteiger partial charge in [0, 0.05) is 17.7 Å². The van der Waals surface area contributed by atoms with E-state index in [2.05, 4.69) is 20.8 Å². The lowest BCUT2D eigenvalue weighted by Gasteiger charge is -2.18. The Hall–Kier alpha value is -1.06. The van der Waals surface area contributed by atoms with E-state index >= 15 is 0 Å². The van der Waals surface area contributed by atoms with Crippen molar-refractivity contribution >= 4 is 11.8 Å². The van der Waals surface area contributed by atoms with Crippen molar-refractivity contribution < 1.29 is 0 Å². The standard InChI is InChI=1S/C15H23N5S/c1-2-15(17,10-16)8-3-9-21-14-19-18-13(11-4-5-11)20(14)12-6-7-12/h11-12H,2-9,17H2,1H3. The van der Waals surface area contributed by atoms with Crippen molar-refractivity contribution in [3.63, 3.8) is 0 Å². The number of thioether (sulfide) groups is 1. The molecule has 5 nitrogen and oxygen atoms in total. The monoisotopic (exact) mass is 305 g/mol. The van der Waals surface area contributed by atoms with Crippen LogP contribution in [0.1, 0.15) is 69.7 Å². The van der Waals surface area contributed by atoms with E-state index in [0.29, 0.717) is 18.4 Å². The van der Waals surface area contributed by atoms with Gasteiger partial charge >= 0.3 is 0 Å². The molecule has 3 rings (SSSR count). The molecule has 6 heteroatoms. The van der Waals surface area contributed by atoms with Crippen LogP contribution in [0.4, 0.5) is 0 Å². The third-order valence-corrected chi connectivity index (χ3v) is 5.43. The molecule has 1 heterocycles. The molecule has 0 aromatic carbocycles. The minimum Gasteiger partial charge on any atom is -0.313 e. The summed E-state index contributed by atoms with van der Waals surface area (Å²) in [5, 5.41) is 19.0. The van der Waals surface area contributed by atoms with Crippen molar-refractivity contribution in [3.8, 4) is 6.07 Å². The minimum atomic E-state index is -0.663. The summed E-state index contributed by atoms with van der Waals surface area (Å²) in [6.45, 7) is 1.97. The highest BCUT2D eigenvalue weighted by Gasteiger charge is 2.36. The molecule has 2 aliphatic carbocycles. The number of hydrogen-bond donors (Lipinski definition) is 1. The van der Waals surface area contributed by atoms with E-state index < -0.39 is 5.54 Å². The van der Waals surface area contributed by atoms with E-state index in [1.54, 1.807) is 11.8 Å². The van der Waals surface area contributed by atoms with Crippen LogP contribution in [0.15, 0.2) is 5.16 Å². The largest absolute Gasteiger partial charge is 0.313 e. The molecule has 21 heavy (non-hydrogen) atoms. The number of nitriles is 1. The second-order valence-corrected chi connectivity index (χ2v) is 7.35. The Morgan fingerprint density at radius 2 is 2.14 bits per heavy atom. The Labute approximate surface area is 130 Å². The number of nitrogens with two attached hydrogens (primary N) is 1. The second kappa shape index (κ2) is 5.98. The maximum atomic E-state index is 9.09. The van der Waals surface area contributed by atoms with E-state index in [1.807, 2.05) is 6.92 Å². The molecule has 1 atom stereocenters. The van der Waals surface area contributed by atoms with Gasteiger partial charge in [0.15, 0.2) is 5.16 Å². The topological polar surface area (TPSA) is 80.5 Å². The first-order valence-corrected chi connectivity index (χ1v) is 8.93. The van der Waals surface area contributed by atoms with Crippen molar-refractivity contribution in [1.82, 2.24) is 14.8 Å². The first-order chi connectivity index (χ1) is 10.2. The molecular weight excluding hydrogens is 282 g/mol. The van der Waals surface area contributed by atoms with Crippen molar-refractivity contribution in [2.24, 2.45) is 5.73 Å². The zero-order chi connectivity index (χ0) is 14.9. The number of rotatable bonds is 8. The highest BCUT2D eigenvalue weighted by Crippen LogP contribution is 2.46. The average Bonchev–Trinajstić information content (AvgIpc) is 3.42. The molecule has 2 N–H and O–H groups in total. The number of aromatic nitrogens is 3. The normalized spacial score (nSPS) is 21.0. The van der Waals surface area contributed by atoms with Crippen LogP contribution in [0.3, 0.4) is 0 Å². The smallest absolute Gasteiger partial charge is 0.191 e. The first kappa shape index (κ1) is 14.9. The maximum absolute atomic E-state index is 9.09. The second-order valence-electron chi connectivity index (χ2n) is 6.29. The van der Waals surface area contributed by atoms with Gasteiger partial charge in [0.2, 0.25) is 0 Å². The first-order valence-electron chi connectivity index (χ1n) is 7.94. The fourth-order valence-corrected chi connectivity index (χ4v) is 3.50. The zero-order valence-corrected chi connectivity index (χ0v) is 13.4. The fraction of sp³-hybridized carbons (Fsp3) is 0.800. The SMILES string of the molecule is CCC(N)(C#N)CCCSc1nnc(C2CC2)n1C1CC1. The van der Waals surface area contributed by atoms with Crippen molar-refractivity contribution in [2.75, 3.05) is 5.75 Å². The van der Waals surface area contributed by atoms with Crippen molar-refractivity contribution in [1.29, 1.82) is 5.26 Å². The summed E-state index contributed by atoms with van der Waals surface area (Å²) in [5.74, 6) is 2.82. The summed E-state index contributed by atoms with van der Waals surface area (Å²) < 4.78 is 2.38. The summed E-state index contributed by atoms with van der Waals surface area (Å²) in [6.07, 6.45) is 7.47. The van der Waals surface area contributed by atoms with Crippen molar-refractivity contribution in [2.45, 2.75) is 74.5 Å². The predicted molar refractivity (Wildman–Crippen MR) is 83.0 cm³/mol. The van der Waals surface area contributed by atoms with Gasteiger partial charge < -0.3 is 10.3 Å². The summed E-state index contributed by atoms with van der Waals surface area (Å²) in [5.41, 5.74) is 5.35. The number of nitrogens with zero attached hydrogens (tertiary/aromatic N) is 4. The van der Waals surface area contributed by atoms with Gasteiger partial charge in [0.1, 0.15) is 11.4 Å². The Morgan fingerprint density at radius 3 is 2.71 bits per heavy atom. The molecule has 0 aliphatic heterocycles. The van der Waals surface area contributed by atoms with Gasteiger partial charge in [-0.25, -0.2) is 0 Å². The third-order valence-electron chi connectivity index (χ3n) is 4.40. The van der Waals surface area contributed by atoms with Crippen LogP contribution in [-0.2, 0) is 0 Å². The lowest BCUT2D eigenvalue weighted by atomic mass is 9.94. The maximum Gasteiger partial charge on any atom is 0.191 e. The molecular formula is C15H23N5S. The molecule has 1 aromatic heterocycles. The summed E-state index contributed by atoms with van der Waals surface area (Å²) in [4.78, 5) is 0. The van der Waals surface area contributed by atoms with Crippen LogP contribution < -0.4 is 5.73 Å². The molecule has 2 saturated carbocycles. The number of hydrogen-bond acceptors (Lipinski definition) is 5. The summed E-state index contributed by atoms with van der Waals surface area (Å²) in [6, 6.07) is 2.87. The highest BCUT2D eigenvalue weighted by molar-refractivity contribution is 7.99. The van der Waals surface area contributed by atoms with Crippen LogP contribution in [0.2, 0.25) is 0 Å². The van der Waals surface area contributed by atoms with E-state index in [4.69, 9.17) is 11.0 Å². The molecule has 0 bridgehead atoms. The Bertz CT molecular complexity index is 541. The molecule has 0 amide bonds. The summed E-state index contributed by atoms with van der Waals surface area (Å²) >= 11 is 1.77. The van der Waals surface area contributed by atoms with Gasteiger partial charge in [-0.1, -0.05) is 18.7 Å². The minimum absolute atomic E-state index is 0.640. The lowest BCUT2D eigenvalue weighted by Crippen LogP contribution is -2.37. The Balaban J connectivity index is 1.55. The van der Waals surface area contributed by atoms with E-state index in [-0.39, 0.29) is 0 Å². The van der Waals surface area contributed by atoms with Crippen LogP contribution in [0, 0.1) is 11.3 Å². The van der Waals surface area contributed by atoms with Gasteiger partial charge in [-0.2, -0.15) is 5.26 Å². The van der Waals surface area contributed by atoms with Crippen LogP contribution in [0.5, 0.6) is 0 Å². The Morgan fingerprint density at radius 1 is 1.38 bits per heavy atom. The predicted octanol–water partition coefficient (Wildman–Crippen LogP) is 2.99. The molecule has 2 aliphatic rings. The Kier molecular flexibility index (Phi) is 4.23. The molecule has 0 radical (unpaired) electrons. The van der Waals surface area contributed by atoms with Gasteiger partial charge in [0.25, 0.3) is 0 Å². The van der Waals surface area contributed by atoms with Crippen LogP contribution in [-0.4, -0.2) is 26.1 Å². The molecule has 0 saturated heterocycles. The average molecular weight is 305 g/mol. The van der Waals surface area contributed by atoms with Crippen LogP contribution >= 0.6 is 11.8 Å². The zero-order valence-electron chi connectivity index (χ0n) is 12.6. The fourth-order valence-electron chi connectivity index (χ4n) is 2.55. The van der Waals surface area contributed by atoms with E-state index in [9.17, 15) is 0 Å². The molecule has 114 valence electrons. The van der Waals surface area contributed by atoms with E-state index in [0.717, 1.165) is 23.8 Å². The highest BCUT2D eigenvalue weighted by atomic mass is 32.2. The van der Waals surface area contributed by atoms with Crippen LogP contribution in [0.25, 0.3) is 0 Å². The molecule has 1 unspecified atom stereocenters. The van der Waals surface area contributed by atoms with Gasteiger partial charge in [-0.3, -0.25) is 0 Å². The summed E-state index contributed by atoms with van der Waals surface area (Å²) in [7, 11) is 0. The van der Waals surface area contributed by atoms with Crippen molar-refractivity contribution in [3.05, 3.63) is 5.82 Å². The molecule has 2 fully saturated rings. The lowest BCUT2D eigenvalue weighted by molar-refractivity contribution is 0.478. The van der Waals surface area contributed by atoms with Gasteiger partial charge in [0.05, 0.1) is 6.07 Å². The van der Waals surface area contributed by atoms with Gasteiger partial charge in [-0.15, -0.1) is 10.2 Å². The third kappa shape index (κ3) is 3.41. The molecule has 1 aromatic rings. The van der Waals surface area contributed by atoms with E-state index in [1.165, 1.54) is 31.5 Å². The molecule has 0 spiro atoms. The quantitative estimate of drug-likeness (QED) is 0.590.